The van der Waals surface area contributed by atoms with E-state index in [1.807, 2.05) is 0 Å². The summed E-state index contributed by atoms with van der Waals surface area (Å²) in [5.74, 6) is 0.892. The monoisotopic (exact) mass is 329 g/mol. The van der Waals surface area contributed by atoms with Crippen LogP contribution in [0.15, 0.2) is 0 Å². The third-order valence-electron chi connectivity index (χ3n) is 0.279. The topological polar surface area (TPSA) is 12.0 Å². The van der Waals surface area contributed by atoms with Gasteiger partial charge in [-0.25, -0.2) is 3.53 Å². The van der Waals surface area contributed by atoms with E-state index in [-0.39, 0.29) is 0 Å². The van der Waals surface area contributed by atoms with Crippen molar-refractivity contribution in [1.82, 2.24) is 3.53 Å². The molecule has 0 aromatic carbocycles. The average molecular weight is 329 g/mol. The highest BCUT2D eigenvalue weighted by Crippen LogP contribution is 1.98. The highest BCUT2D eigenvalue weighted by molar-refractivity contribution is 14.1. The number of nitrogens with one attached hydrogen (secondary N) is 1. The van der Waals surface area contributed by atoms with Crippen LogP contribution in [0.25, 0.3) is 0 Å². The van der Waals surface area contributed by atoms with Crippen molar-refractivity contribution in [3.8, 4) is 0 Å². The summed E-state index contributed by atoms with van der Waals surface area (Å²) in [5.41, 5.74) is 0. The first-order chi connectivity index (χ1) is 2.81. The Kier molecular flexibility index (Phi) is 6.37. The van der Waals surface area contributed by atoms with Gasteiger partial charge in [0.25, 0.3) is 0 Å². The quantitative estimate of drug-likeness (QED) is 0.258. The maximum Gasteiger partial charge on any atom is 0.0768 e. The number of rotatable bonds is 2. The number of hydrogen-bond acceptors (Lipinski definition) is 2. The lowest BCUT2D eigenvalue weighted by Gasteiger charge is -1.97. The van der Waals surface area contributed by atoms with E-state index in [1.165, 1.54) is 0 Å². The van der Waals surface area contributed by atoms with Crippen LogP contribution in [0.5, 0.6) is 0 Å². The maximum absolute atomic E-state index is 4.02. The van der Waals surface area contributed by atoms with Crippen molar-refractivity contribution in [2.75, 3.05) is 5.75 Å². The molecule has 0 unspecified atom stereocenters. The molecular formula is C2H5I2NS. The molecule has 0 aromatic rings. The molecule has 6 heavy (non-hydrogen) atoms. The van der Waals surface area contributed by atoms with Gasteiger partial charge in [0.1, 0.15) is 0 Å². The maximum atomic E-state index is 4.02. The summed E-state index contributed by atoms with van der Waals surface area (Å²) in [5, 5.41) is 0. The minimum Gasteiger partial charge on any atom is -0.248 e. The van der Waals surface area contributed by atoms with Gasteiger partial charge in [-0.3, -0.25) is 0 Å². The van der Waals surface area contributed by atoms with Gasteiger partial charge in [-0.15, -0.1) is 0 Å². The van der Waals surface area contributed by atoms with Crippen LogP contribution in [0.3, 0.4) is 0 Å². The summed E-state index contributed by atoms with van der Waals surface area (Å²) >= 11 is 8.40. The van der Waals surface area contributed by atoms with Gasteiger partial charge in [-0.05, 0) is 0 Å². The molecule has 0 saturated carbocycles. The van der Waals surface area contributed by atoms with Crippen LogP contribution in [0.4, 0.5) is 0 Å². The molecule has 0 aliphatic rings. The van der Waals surface area contributed by atoms with E-state index in [4.69, 9.17) is 0 Å². The Balaban J connectivity index is 2.75. The van der Waals surface area contributed by atoms with Crippen molar-refractivity contribution < 1.29 is 0 Å². The molecule has 0 aromatic heterocycles. The van der Waals surface area contributed by atoms with Gasteiger partial charge < -0.3 is 0 Å². The molecule has 1 atom stereocenters. The lowest BCUT2D eigenvalue weighted by Crippen LogP contribution is -2.11. The van der Waals surface area contributed by atoms with Crippen LogP contribution in [0.1, 0.15) is 0 Å². The van der Waals surface area contributed by atoms with Crippen LogP contribution in [-0.2, 0) is 0 Å². The first kappa shape index (κ1) is 7.77. The van der Waals surface area contributed by atoms with Gasteiger partial charge in [0.05, 0.1) is 4.05 Å². The summed E-state index contributed by atoms with van der Waals surface area (Å²) in [4.78, 5) is 0. The van der Waals surface area contributed by atoms with E-state index >= 15 is 0 Å². The highest BCUT2D eigenvalue weighted by atomic mass is 127. The summed E-state index contributed by atoms with van der Waals surface area (Å²) < 4.78 is 3.50. The standard InChI is InChI=1S/C2H5I2NS/c3-2(1-6)5-4/h2,5-6H,1H2/t2-/m0/s1. The normalized spacial score (nSPS) is 14.5. The zero-order valence-corrected chi connectivity index (χ0v) is 8.20. The van der Waals surface area contributed by atoms with Crippen molar-refractivity contribution in [3.05, 3.63) is 0 Å². The van der Waals surface area contributed by atoms with E-state index in [0.29, 0.717) is 4.05 Å². The Morgan fingerprint density at radius 2 is 2.33 bits per heavy atom. The largest absolute Gasteiger partial charge is 0.248 e. The molecule has 0 rings (SSSR count). The second-order valence-electron chi connectivity index (χ2n) is 0.759. The molecular weight excluding hydrogens is 324 g/mol. The third kappa shape index (κ3) is 3.94. The number of alkyl halides is 1. The van der Waals surface area contributed by atoms with Crippen molar-refractivity contribution in [3.63, 3.8) is 0 Å². The van der Waals surface area contributed by atoms with Crippen LogP contribution in [-0.4, -0.2) is 9.80 Å². The van der Waals surface area contributed by atoms with Gasteiger partial charge in [0.15, 0.2) is 0 Å². The molecule has 0 radical (unpaired) electrons. The molecule has 0 amide bonds. The average Bonchev–Trinajstić information content (AvgIpc) is 1.65. The first-order valence-electron chi connectivity index (χ1n) is 1.42. The SMILES string of the molecule is SC[C@@H](I)NI. The second-order valence-corrected chi connectivity index (χ2v) is 3.25. The molecule has 0 aliphatic carbocycles. The fourth-order valence-corrected chi connectivity index (χ4v) is 0.694. The Morgan fingerprint density at radius 3 is 2.33 bits per heavy atom. The Hall–Kier alpha value is 1.77. The van der Waals surface area contributed by atoms with Gasteiger partial charge in [0, 0.05) is 28.6 Å². The first-order valence-corrected chi connectivity index (χ1v) is 4.38. The van der Waals surface area contributed by atoms with E-state index < -0.39 is 0 Å². The smallest absolute Gasteiger partial charge is 0.0768 e. The number of thiol groups is 1. The molecule has 38 valence electrons. The molecule has 0 heterocycles. The Bertz CT molecular complexity index is 30.7. The fourth-order valence-electron chi connectivity index (χ4n) is 0.0345. The van der Waals surface area contributed by atoms with Crippen LogP contribution in [0, 0.1) is 0 Å². The summed E-state index contributed by atoms with van der Waals surface area (Å²) in [6.07, 6.45) is 0. The predicted molar refractivity (Wildman–Crippen MR) is 48.8 cm³/mol. The predicted octanol–water partition coefficient (Wildman–Crippen LogP) is 1.62. The van der Waals surface area contributed by atoms with Crippen molar-refractivity contribution in [2.45, 2.75) is 4.05 Å². The Morgan fingerprint density at radius 1 is 1.83 bits per heavy atom. The number of hydrogen-bond donors (Lipinski definition) is 2. The lowest BCUT2D eigenvalue weighted by molar-refractivity contribution is 1.05. The van der Waals surface area contributed by atoms with Gasteiger partial charge in [0.2, 0.25) is 0 Å². The molecule has 0 aliphatic heterocycles. The van der Waals surface area contributed by atoms with Crippen molar-refractivity contribution in [2.24, 2.45) is 0 Å². The summed E-state index contributed by atoms with van der Waals surface area (Å²) in [6, 6.07) is 0. The number of halogens is 2. The molecule has 1 N–H and O–H groups in total. The van der Waals surface area contributed by atoms with E-state index in [1.54, 1.807) is 0 Å². The molecule has 0 saturated heterocycles. The van der Waals surface area contributed by atoms with Crippen LogP contribution >= 0.6 is 58.1 Å². The zero-order valence-electron chi connectivity index (χ0n) is 2.99. The second kappa shape index (κ2) is 4.92. The van der Waals surface area contributed by atoms with Crippen LogP contribution < -0.4 is 3.53 Å². The van der Waals surface area contributed by atoms with Crippen molar-refractivity contribution >= 4 is 58.1 Å². The third-order valence-corrected chi connectivity index (χ3v) is 4.04. The van der Waals surface area contributed by atoms with Gasteiger partial charge in [-0.2, -0.15) is 12.6 Å². The molecule has 0 bridgehead atoms. The van der Waals surface area contributed by atoms with E-state index in [9.17, 15) is 0 Å². The van der Waals surface area contributed by atoms with Crippen LogP contribution in [0.2, 0.25) is 0 Å². The van der Waals surface area contributed by atoms with Crippen molar-refractivity contribution in [1.29, 1.82) is 0 Å². The summed E-state index contributed by atoms with van der Waals surface area (Å²) in [6.45, 7) is 0. The highest BCUT2D eigenvalue weighted by Gasteiger charge is 1.91. The van der Waals surface area contributed by atoms with E-state index in [2.05, 4.69) is 61.6 Å². The fraction of sp³-hybridized carbons (Fsp3) is 1.00. The minimum absolute atomic E-state index is 0.506. The lowest BCUT2D eigenvalue weighted by atomic mass is 10.8. The molecule has 0 spiro atoms. The minimum atomic E-state index is 0.506. The van der Waals surface area contributed by atoms with E-state index in [0.717, 1.165) is 5.75 Å². The molecule has 1 nitrogen and oxygen atoms in total. The molecule has 4 heteroatoms. The zero-order chi connectivity index (χ0) is 4.99. The van der Waals surface area contributed by atoms with Gasteiger partial charge >= 0.3 is 0 Å². The molecule has 0 fully saturated rings. The Labute approximate surface area is 70.7 Å². The summed E-state index contributed by atoms with van der Waals surface area (Å²) in [7, 11) is 0. The van der Waals surface area contributed by atoms with Gasteiger partial charge in [-0.1, -0.05) is 22.6 Å².